The van der Waals surface area contributed by atoms with E-state index >= 15 is 0 Å². The quantitative estimate of drug-likeness (QED) is 0.879. The van der Waals surface area contributed by atoms with Gasteiger partial charge in [-0.05, 0) is 17.9 Å². The Morgan fingerprint density at radius 1 is 1.59 bits per heavy atom. The molecule has 5 heteroatoms. The van der Waals surface area contributed by atoms with E-state index in [2.05, 4.69) is 16.8 Å². The number of amides is 1. The highest BCUT2D eigenvalue weighted by Gasteiger charge is 2.34. The van der Waals surface area contributed by atoms with E-state index < -0.39 is 0 Å². The number of hydrogen-bond donors (Lipinski definition) is 1. The van der Waals surface area contributed by atoms with E-state index in [9.17, 15) is 4.79 Å². The molecule has 0 radical (unpaired) electrons. The molecule has 1 amide bonds. The van der Waals surface area contributed by atoms with Crippen LogP contribution in [0.3, 0.4) is 0 Å². The Morgan fingerprint density at radius 3 is 3.24 bits per heavy atom. The van der Waals surface area contributed by atoms with Gasteiger partial charge in [0.2, 0.25) is 5.91 Å². The summed E-state index contributed by atoms with van der Waals surface area (Å²) in [6, 6.07) is 4.11. The summed E-state index contributed by atoms with van der Waals surface area (Å²) >= 11 is 1.70. The minimum atomic E-state index is 0.0723. The fourth-order valence-corrected chi connectivity index (χ4v) is 3.26. The summed E-state index contributed by atoms with van der Waals surface area (Å²) in [5.74, 6) is 0.705. The van der Waals surface area contributed by atoms with Crippen LogP contribution in [-0.2, 0) is 9.53 Å². The van der Waals surface area contributed by atoms with Crippen LogP contribution in [0.1, 0.15) is 17.5 Å². The predicted molar refractivity (Wildman–Crippen MR) is 65.7 cm³/mol. The fraction of sp³-hybridized carbons (Fsp3) is 0.583. The minimum absolute atomic E-state index is 0.0723. The first-order valence-electron chi connectivity index (χ1n) is 5.98. The van der Waals surface area contributed by atoms with Gasteiger partial charge in [0.1, 0.15) is 6.17 Å². The Labute approximate surface area is 105 Å². The zero-order chi connectivity index (χ0) is 11.7. The summed E-state index contributed by atoms with van der Waals surface area (Å²) in [7, 11) is 0. The van der Waals surface area contributed by atoms with Gasteiger partial charge in [0, 0.05) is 23.9 Å². The lowest BCUT2D eigenvalue weighted by Crippen LogP contribution is -2.34. The Morgan fingerprint density at radius 2 is 2.53 bits per heavy atom. The maximum Gasteiger partial charge on any atom is 0.238 e. The maximum absolute atomic E-state index is 11.9. The van der Waals surface area contributed by atoms with E-state index in [0.717, 1.165) is 26.2 Å². The van der Waals surface area contributed by atoms with Crippen molar-refractivity contribution in [1.29, 1.82) is 0 Å². The molecule has 4 nitrogen and oxygen atoms in total. The van der Waals surface area contributed by atoms with Gasteiger partial charge in [0.05, 0.1) is 13.2 Å². The maximum atomic E-state index is 11.9. The molecule has 1 N–H and O–H groups in total. The second-order valence-electron chi connectivity index (χ2n) is 4.57. The lowest BCUT2D eigenvalue weighted by atomic mass is 10.1. The van der Waals surface area contributed by atoms with E-state index in [1.165, 1.54) is 4.88 Å². The third kappa shape index (κ3) is 2.22. The minimum Gasteiger partial charge on any atom is -0.381 e. The van der Waals surface area contributed by atoms with Crippen LogP contribution in [0, 0.1) is 5.92 Å². The van der Waals surface area contributed by atoms with Crippen LogP contribution < -0.4 is 5.32 Å². The van der Waals surface area contributed by atoms with E-state index in [0.29, 0.717) is 12.5 Å². The second-order valence-corrected chi connectivity index (χ2v) is 5.55. The van der Waals surface area contributed by atoms with Crippen LogP contribution in [0.4, 0.5) is 0 Å². The van der Waals surface area contributed by atoms with Gasteiger partial charge in [-0.15, -0.1) is 11.3 Å². The van der Waals surface area contributed by atoms with E-state index in [-0.39, 0.29) is 12.1 Å². The molecule has 92 valence electrons. The van der Waals surface area contributed by atoms with Crippen LogP contribution in [-0.4, -0.2) is 37.1 Å². The van der Waals surface area contributed by atoms with Gasteiger partial charge in [0.25, 0.3) is 0 Å². The molecule has 2 fully saturated rings. The molecule has 0 aliphatic carbocycles. The molecule has 2 aliphatic rings. The summed E-state index contributed by atoms with van der Waals surface area (Å²) in [6.45, 7) is 2.90. The first kappa shape index (κ1) is 11.2. The average Bonchev–Trinajstić information content (AvgIpc) is 3.03. The normalized spacial score (nSPS) is 29.2. The molecule has 0 saturated carbocycles. The largest absolute Gasteiger partial charge is 0.381 e. The van der Waals surface area contributed by atoms with Crippen LogP contribution in [0.5, 0.6) is 0 Å². The topological polar surface area (TPSA) is 41.6 Å². The highest BCUT2D eigenvalue weighted by atomic mass is 32.1. The Kier molecular flexibility index (Phi) is 3.13. The van der Waals surface area contributed by atoms with Crippen molar-refractivity contribution in [1.82, 2.24) is 10.2 Å². The number of ether oxygens (including phenoxy) is 1. The molecule has 2 atom stereocenters. The van der Waals surface area contributed by atoms with Crippen molar-refractivity contribution < 1.29 is 9.53 Å². The summed E-state index contributed by atoms with van der Waals surface area (Å²) in [4.78, 5) is 15.1. The Balaban J connectivity index is 1.72. The molecule has 2 unspecified atom stereocenters. The molecule has 0 bridgehead atoms. The van der Waals surface area contributed by atoms with Crippen molar-refractivity contribution in [2.75, 3.05) is 26.3 Å². The molecular weight excluding hydrogens is 236 g/mol. The second kappa shape index (κ2) is 4.76. The van der Waals surface area contributed by atoms with E-state index in [1.807, 2.05) is 11.0 Å². The first-order valence-corrected chi connectivity index (χ1v) is 6.86. The molecule has 2 aliphatic heterocycles. The standard InChI is InChI=1S/C12H16N2O2S/c15-11-6-13-12(10-2-1-5-17-10)14(11)7-9-3-4-16-8-9/h1-2,5,9,12-13H,3-4,6-8H2. The predicted octanol–water partition coefficient (Wildman–Crippen LogP) is 1.22. The lowest BCUT2D eigenvalue weighted by molar-refractivity contribution is -0.128. The summed E-state index contributed by atoms with van der Waals surface area (Å²) in [6.07, 6.45) is 1.14. The third-order valence-electron chi connectivity index (χ3n) is 3.37. The smallest absolute Gasteiger partial charge is 0.238 e. The van der Waals surface area contributed by atoms with E-state index in [1.54, 1.807) is 11.3 Å². The molecular formula is C12H16N2O2S. The van der Waals surface area contributed by atoms with Crippen LogP contribution in [0.2, 0.25) is 0 Å². The lowest BCUT2D eigenvalue weighted by Gasteiger charge is -2.25. The van der Waals surface area contributed by atoms with Crippen molar-refractivity contribution in [3.8, 4) is 0 Å². The van der Waals surface area contributed by atoms with Gasteiger partial charge in [-0.25, -0.2) is 0 Å². The molecule has 17 heavy (non-hydrogen) atoms. The van der Waals surface area contributed by atoms with Gasteiger partial charge in [-0.2, -0.15) is 0 Å². The van der Waals surface area contributed by atoms with Crippen LogP contribution >= 0.6 is 11.3 Å². The number of carbonyl (C=O) groups is 1. The average molecular weight is 252 g/mol. The highest BCUT2D eigenvalue weighted by molar-refractivity contribution is 7.10. The van der Waals surface area contributed by atoms with E-state index in [4.69, 9.17) is 4.74 Å². The van der Waals surface area contributed by atoms with Gasteiger partial charge < -0.3 is 9.64 Å². The highest BCUT2D eigenvalue weighted by Crippen LogP contribution is 2.28. The zero-order valence-electron chi connectivity index (χ0n) is 9.59. The SMILES string of the molecule is O=C1CNC(c2cccs2)N1CC1CCOC1. The Hall–Kier alpha value is -0.910. The van der Waals surface area contributed by atoms with Gasteiger partial charge in [0.15, 0.2) is 0 Å². The molecule has 0 spiro atoms. The monoisotopic (exact) mass is 252 g/mol. The number of rotatable bonds is 3. The summed E-state index contributed by atoms with van der Waals surface area (Å²) < 4.78 is 5.37. The molecule has 3 rings (SSSR count). The van der Waals surface area contributed by atoms with Crippen molar-refractivity contribution in [3.05, 3.63) is 22.4 Å². The molecule has 1 aromatic rings. The zero-order valence-corrected chi connectivity index (χ0v) is 10.4. The summed E-state index contributed by atoms with van der Waals surface area (Å²) in [5, 5.41) is 5.33. The van der Waals surface area contributed by atoms with Crippen molar-refractivity contribution >= 4 is 17.2 Å². The van der Waals surface area contributed by atoms with Crippen molar-refractivity contribution in [3.63, 3.8) is 0 Å². The van der Waals surface area contributed by atoms with Crippen molar-refractivity contribution in [2.45, 2.75) is 12.6 Å². The van der Waals surface area contributed by atoms with Crippen molar-refractivity contribution in [2.24, 2.45) is 5.92 Å². The van der Waals surface area contributed by atoms with Gasteiger partial charge in [-0.1, -0.05) is 6.07 Å². The number of nitrogens with zero attached hydrogens (tertiary/aromatic N) is 1. The third-order valence-corrected chi connectivity index (χ3v) is 4.29. The Bertz CT molecular complexity index is 387. The molecule has 1 aromatic heterocycles. The van der Waals surface area contributed by atoms with Gasteiger partial charge >= 0.3 is 0 Å². The first-order chi connectivity index (χ1) is 8.34. The number of nitrogens with one attached hydrogen (secondary N) is 1. The van der Waals surface area contributed by atoms with Gasteiger partial charge in [-0.3, -0.25) is 10.1 Å². The summed E-state index contributed by atoms with van der Waals surface area (Å²) in [5.41, 5.74) is 0. The molecule has 2 saturated heterocycles. The molecule has 3 heterocycles. The number of hydrogen-bond acceptors (Lipinski definition) is 4. The fourth-order valence-electron chi connectivity index (χ4n) is 2.45. The van der Waals surface area contributed by atoms with Crippen LogP contribution in [0.15, 0.2) is 17.5 Å². The van der Waals surface area contributed by atoms with Crippen LogP contribution in [0.25, 0.3) is 0 Å². The number of thiophene rings is 1. The molecule has 0 aromatic carbocycles. The number of carbonyl (C=O) groups excluding carboxylic acids is 1.